The Bertz CT molecular complexity index is 301. The van der Waals surface area contributed by atoms with E-state index in [1.165, 1.54) is 0 Å². The summed E-state index contributed by atoms with van der Waals surface area (Å²) in [5, 5.41) is 17.7. The van der Waals surface area contributed by atoms with E-state index in [1.807, 2.05) is 24.3 Å². The molecule has 0 aliphatic rings. The molecule has 0 aromatic heterocycles. The average Bonchev–Trinajstić information content (AvgIpc) is 2.26. The van der Waals surface area contributed by atoms with Gasteiger partial charge in [-0.15, -0.1) is 0 Å². The summed E-state index contributed by atoms with van der Waals surface area (Å²) in [5.41, 5.74) is 1.61. The predicted molar refractivity (Wildman–Crippen MR) is 55.1 cm³/mol. The van der Waals surface area contributed by atoms with Gasteiger partial charge in [-0.1, -0.05) is 18.2 Å². The first kappa shape index (κ1) is 10.8. The molecule has 0 saturated heterocycles. The Labute approximate surface area is 83.3 Å². The summed E-state index contributed by atoms with van der Waals surface area (Å²) in [6, 6.07) is 7.32. The SMILES string of the molecule is COc1ccc(/C(=C/CO)CO)cc1. The molecule has 1 rings (SSSR count). The lowest BCUT2D eigenvalue weighted by atomic mass is 10.1. The van der Waals surface area contributed by atoms with E-state index < -0.39 is 0 Å². The normalized spacial score (nSPS) is 11.5. The first-order valence-electron chi connectivity index (χ1n) is 4.37. The van der Waals surface area contributed by atoms with Crippen LogP contribution in [-0.2, 0) is 0 Å². The summed E-state index contributed by atoms with van der Waals surface area (Å²) < 4.78 is 5.01. The average molecular weight is 194 g/mol. The highest BCUT2D eigenvalue weighted by atomic mass is 16.5. The zero-order chi connectivity index (χ0) is 10.4. The van der Waals surface area contributed by atoms with Crippen molar-refractivity contribution in [1.82, 2.24) is 0 Å². The topological polar surface area (TPSA) is 49.7 Å². The Morgan fingerprint density at radius 3 is 2.36 bits per heavy atom. The van der Waals surface area contributed by atoms with Gasteiger partial charge in [0.2, 0.25) is 0 Å². The van der Waals surface area contributed by atoms with E-state index in [0.717, 1.165) is 16.9 Å². The van der Waals surface area contributed by atoms with E-state index >= 15 is 0 Å². The molecule has 0 fully saturated rings. The molecule has 0 unspecified atom stereocenters. The Morgan fingerprint density at radius 2 is 1.93 bits per heavy atom. The van der Waals surface area contributed by atoms with Gasteiger partial charge in [0.1, 0.15) is 5.75 Å². The summed E-state index contributed by atoms with van der Waals surface area (Å²) in [5.74, 6) is 0.773. The lowest BCUT2D eigenvalue weighted by Gasteiger charge is -2.05. The first-order chi connectivity index (χ1) is 6.81. The van der Waals surface area contributed by atoms with E-state index in [9.17, 15) is 0 Å². The molecule has 1 aromatic rings. The van der Waals surface area contributed by atoms with Gasteiger partial charge in [0.25, 0.3) is 0 Å². The Morgan fingerprint density at radius 1 is 1.29 bits per heavy atom. The summed E-state index contributed by atoms with van der Waals surface area (Å²) in [6.07, 6.45) is 1.59. The first-order valence-corrected chi connectivity index (χ1v) is 4.37. The maximum absolute atomic E-state index is 9.03. The van der Waals surface area contributed by atoms with Crippen LogP contribution in [0.5, 0.6) is 5.75 Å². The number of aliphatic hydroxyl groups excluding tert-OH is 2. The van der Waals surface area contributed by atoms with Crippen molar-refractivity contribution >= 4 is 5.57 Å². The number of aliphatic hydroxyl groups is 2. The van der Waals surface area contributed by atoms with Crippen LogP contribution in [0.25, 0.3) is 5.57 Å². The highest BCUT2D eigenvalue weighted by Gasteiger charge is 1.99. The summed E-state index contributed by atoms with van der Waals surface area (Å²) in [7, 11) is 1.60. The molecule has 3 nitrogen and oxygen atoms in total. The minimum atomic E-state index is -0.0765. The lowest BCUT2D eigenvalue weighted by Crippen LogP contribution is -1.92. The van der Waals surface area contributed by atoms with Crippen molar-refractivity contribution in [3.05, 3.63) is 35.9 Å². The fraction of sp³-hybridized carbons (Fsp3) is 0.273. The number of hydrogen-bond acceptors (Lipinski definition) is 3. The maximum Gasteiger partial charge on any atom is 0.118 e. The van der Waals surface area contributed by atoms with Gasteiger partial charge >= 0.3 is 0 Å². The summed E-state index contributed by atoms with van der Waals surface area (Å²) >= 11 is 0. The second-order valence-corrected chi connectivity index (χ2v) is 2.80. The Balaban J connectivity index is 2.89. The zero-order valence-corrected chi connectivity index (χ0v) is 8.10. The molecule has 0 aliphatic heterocycles. The van der Waals surface area contributed by atoms with Crippen LogP contribution >= 0.6 is 0 Å². The number of rotatable bonds is 4. The molecule has 0 heterocycles. The van der Waals surface area contributed by atoms with Crippen LogP contribution in [0.1, 0.15) is 5.56 Å². The minimum absolute atomic E-state index is 0.0675. The molecule has 1 aromatic carbocycles. The van der Waals surface area contributed by atoms with Crippen LogP contribution in [-0.4, -0.2) is 30.5 Å². The van der Waals surface area contributed by atoms with Crippen LogP contribution in [0.2, 0.25) is 0 Å². The van der Waals surface area contributed by atoms with Crippen molar-refractivity contribution in [1.29, 1.82) is 0 Å². The number of benzene rings is 1. The molecule has 14 heavy (non-hydrogen) atoms. The molecule has 0 saturated carbocycles. The van der Waals surface area contributed by atoms with Gasteiger partial charge in [-0.3, -0.25) is 0 Å². The van der Waals surface area contributed by atoms with Crippen LogP contribution < -0.4 is 4.74 Å². The summed E-state index contributed by atoms with van der Waals surface area (Å²) in [4.78, 5) is 0. The molecule has 0 radical (unpaired) electrons. The van der Waals surface area contributed by atoms with Crippen LogP contribution in [0, 0.1) is 0 Å². The molecule has 0 bridgehead atoms. The van der Waals surface area contributed by atoms with Gasteiger partial charge in [0.05, 0.1) is 20.3 Å². The van der Waals surface area contributed by atoms with Gasteiger partial charge in [0.15, 0.2) is 0 Å². The van der Waals surface area contributed by atoms with Crippen LogP contribution in [0.15, 0.2) is 30.3 Å². The molecular weight excluding hydrogens is 180 g/mol. The third-order valence-corrected chi connectivity index (χ3v) is 1.97. The maximum atomic E-state index is 9.03. The van der Waals surface area contributed by atoms with E-state index in [0.29, 0.717) is 0 Å². The van der Waals surface area contributed by atoms with Crippen molar-refractivity contribution in [3.63, 3.8) is 0 Å². The van der Waals surface area contributed by atoms with Gasteiger partial charge < -0.3 is 14.9 Å². The largest absolute Gasteiger partial charge is 0.497 e. The van der Waals surface area contributed by atoms with Crippen molar-refractivity contribution in [2.45, 2.75) is 0 Å². The van der Waals surface area contributed by atoms with E-state index in [1.54, 1.807) is 13.2 Å². The highest BCUT2D eigenvalue weighted by Crippen LogP contribution is 2.17. The standard InChI is InChI=1S/C11H14O3/c1-14-11-4-2-9(3-5-11)10(8-13)6-7-12/h2-6,12-13H,7-8H2,1H3/b10-6+. The molecule has 0 atom stereocenters. The van der Waals surface area contributed by atoms with Gasteiger partial charge in [-0.25, -0.2) is 0 Å². The highest BCUT2D eigenvalue weighted by molar-refractivity contribution is 5.66. The quantitative estimate of drug-likeness (QED) is 0.753. The fourth-order valence-corrected chi connectivity index (χ4v) is 1.19. The predicted octanol–water partition coefficient (Wildman–Crippen LogP) is 1.06. The number of hydrogen-bond donors (Lipinski definition) is 2. The molecule has 76 valence electrons. The van der Waals surface area contributed by atoms with Crippen molar-refractivity contribution in [2.24, 2.45) is 0 Å². The molecule has 2 N–H and O–H groups in total. The lowest BCUT2D eigenvalue weighted by molar-refractivity contribution is 0.334. The summed E-state index contributed by atoms with van der Waals surface area (Å²) in [6.45, 7) is -0.144. The van der Waals surface area contributed by atoms with E-state index in [2.05, 4.69) is 0 Å². The zero-order valence-electron chi connectivity index (χ0n) is 8.10. The Kier molecular flexibility index (Phi) is 4.16. The second-order valence-electron chi connectivity index (χ2n) is 2.80. The third kappa shape index (κ3) is 2.58. The van der Waals surface area contributed by atoms with E-state index in [-0.39, 0.29) is 13.2 Å². The smallest absolute Gasteiger partial charge is 0.118 e. The van der Waals surface area contributed by atoms with E-state index in [4.69, 9.17) is 14.9 Å². The molecule has 0 spiro atoms. The van der Waals surface area contributed by atoms with Crippen molar-refractivity contribution in [2.75, 3.05) is 20.3 Å². The Hall–Kier alpha value is -1.32. The monoisotopic (exact) mass is 194 g/mol. The fourth-order valence-electron chi connectivity index (χ4n) is 1.19. The molecule has 0 amide bonds. The van der Waals surface area contributed by atoms with Crippen LogP contribution in [0.4, 0.5) is 0 Å². The van der Waals surface area contributed by atoms with Crippen LogP contribution in [0.3, 0.4) is 0 Å². The number of ether oxygens (including phenoxy) is 1. The van der Waals surface area contributed by atoms with Gasteiger partial charge in [-0.05, 0) is 23.3 Å². The van der Waals surface area contributed by atoms with Crippen molar-refractivity contribution in [3.8, 4) is 5.75 Å². The molecule has 0 aliphatic carbocycles. The minimum Gasteiger partial charge on any atom is -0.497 e. The molecular formula is C11H14O3. The molecule has 3 heteroatoms. The van der Waals surface area contributed by atoms with Crippen molar-refractivity contribution < 1.29 is 14.9 Å². The van der Waals surface area contributed by atoms with Gasteiger partial charge in [-0.2, -0.15) is 0 Å². The van der Waals surface area contributed by atoms with Gasteiger partial charge in [0, 0.05) is 0 Å². The number of methoxy groups -OCH3 is 1. The second kappa shape index (κ2) is 5.42. The third-order valence-electron chi connectivity index (χ3n) is 1.97.